The fraction of sp³-hybridized carbons (Fsp3) is 0.714. The van der Waals surface area contributed by atoms with Crippen molar-refractivity contribution in [3.8, 4) is 0 Å². The molecule has 48 valence electrons. The van der Waals surface area contributed by atoms with Crippen molar-refractivity contribution in [1.29, 1.82) is 0 Å². The second-order valence-corrected chi connectivity index (χ2v) is 2.09. The smallest absolute Gasteiger partial charge is 0.00449 e. The molecule has 0 aromatic rings. The molecule has 0 aromatic carbocycles. The van der Waals surface area contributed by atoms with Crippen LogP contribution in [0.2, 0.25) is 0 Å². The number of hydrogen-bond acceptors (Lipinski definition) is 1. The largest absolute Gasteiger partial charge is 0.328 e. The van der Waals surface area contributed by atoms with Crippen LogP contribution in [-0.2, 0) is 0 Å². The van der Waals surface area contributed by atoms with Crippen molar-refractivity contribution in [2.75, 3.05) is 0 Å². The van der Waals surface area contributed by atoms with Gasteiger partial charge in [-0.15, -0.1) is 0 Å². The van der Waals surface area contributed by atoms with Crippen LogP contribution >= 0.6 is 0 Å². The van der Waals surface area contributed by atoms with Crippen molar-refractivity contribution in [1.82, 2.24) is 0 Å². The van der Waals surface area contributed by atoms with Crippen LogP contribution in [0.15, 0.2) is 12.2 Å². The quantitative estimate of drug-likeness (QED) is 0.554. The highest BCUT2D eigenvalue weighted by atomic mass is 14.6. The van der Waals surface area contributed by atoms with E-state index in [2.05, 4.69) is 19.1 Å². The lowest BCUT2D eigenvalue weighted by Crippen LogP contribution is -2.12. The fourth-order valence-electron chi connectivity index (χ4n) is 0.478. The number of nitrogens with two attached hydrogens (primary N) is 1. The molecule has 1 heteroatoms. The van der Waals surface area contributed by atoms with Gasteiger partial charge in [0, 0.05) is 6.04 Å². The van der Waals surface area contributed by atoms with Crippen LogP contribution in [0.1, 0.15) is 26.7 Å². The summed E-state index contributed by atoms with van der Waals surface area (Å²) in [5.41, 5.74) is 5.48. The lowest BCUT2D eigenvalue weighted by molar-refractivity contribution is 0.755. The Labute approximate surface area is 51.6 Å². The molecule has 1 unspecified atom stereocenters. The Kier molecular flexibility index (Phi) is 4.67. The van der Waals surface area contributed by atoms with Crippen LogP contribution in [-0.4, -0.2) is 6.04 Å². The van der Waals surface area contributed by atoms with Crippen LogP contribution in [0.25, 0.3) is 0 Å². The number of hydrogen-bond donors (Lipinski definition) is 1. The van der Waals surface area contributed by atoms with Crippen LogP contribution in [0, 0.1) is 0 Å². The third-order valence-corrected chi connectivity index (χ3v) is 0.910. The Morgan fingerprint density at radius 1 is 1.50 bits per heavy atom. The topological polar surface area (TPSA) is 26.0 Å². The predicted octanol–water partition coefficient (Wildman–Crippen LogP) is 1.69. The van der Waals surface area contributed by atoms with E-state index in [1.165, 1.54) is 0 Å². The van der Waals surface area contributed by atoms with Crippen molar-refractivity contribution >= 4 is 0 Å². The Balaban J connectivity index is 3.03. The van der Waals surface area contributed by atoms with Crippen LogP contribution in [0.4, 0.5) is 0 Å². The minimum Gasteiger partial charge on any atom is -0.328 e. The van der Waals surface area contributed by atoms with E-state index in [1.54, 1.807) is 0 Å². The average molecular weight is 113 g/mol. The molecule has 0 aliphatic carbocycles. The van der Waals surface area contributed by atoms with Crippen molar-refractivity contribution in [3.63, 3.8) is 0 Å². The third kappa shape index (κ3) is 5.70. The SMILES string of the molecule is CCC=CCC(C)N. The monoisotopic (exact) mass is 113 g/mol. The van der Waals surface area contributed by atoms with Gasteiger partial charge in [0.1, 0.15) is 0 Å². The van der Waals surface area contributed by atoms with Crippen molar-refractivity contribution in [3.05, 3.63) is 12.2 Å². The van der Waals surface area contributed by atoms with E-state index >= 15 is 0 Å². The van der Waals surface area contributed by atoms with Crippen molar-refractivity contribution in [2.45, 2.75) is 32.7 Å². The van der Waals surface area contributed by atoms with E-state index in [0.29, 0.717) is 6.04 Å². The zero-order valence-electron chi connectivity index (χ0n) is 5.72. The molecule has 1 nitrogen and oxygen atoms in total. The molecule has 1 atom stereocenters. The van der Waals surface area contributed by atoms with E-state index in [9.17, 15) is 0 Å². The first-order chi connectivity index (χ1) is 3.77. The molecule has 0 amide bonds. The van der Waals surface area contributed by atoms with Gasteiger partial charge in [0.05, 0.1) is 0 Å². The van der Waals surface area contributed by atoms with Crippen molar-refractivity contribution < 1.29 is 0 Å². The summed E-state index contributed by atoms with van der Waals surface area (Å²) in [5, 5.41) is 0. The van der Waals surface area contributed by atoms with E-state index in [0.717, 1.165) is 12.8 Å². The van der Waals surface area contributed by atoms with Gasteiger partial charge in [-0.3, -0.25) is 0 Å². The maximum atomic E-state index is 5.48. The first-order valence-corrected chi connectivity index (χ1v) is 3.18. The summed E-state index contributed by atoms with van der Waals surface area (Å²) < 4.78 is 0. The Hall–Kier alpha value is -0.300. The molecule has 0 saturated carbocycles. The predicted molar refractivity (Wildman–Crippen MR) is 37.7 cm³/mol. The normalized spacial score (nSPS) is 14.9. The lowest BCUT2D eigenvalue weighted by atomic mass is 10.2. The minimum atomic E-state index is 0.317. The molecule has 0 radical (unpaired) electrons. The summed E-state index contributed by atoms with van der Waals surface area (Å²) in [6.45, 7) is 4.14. The van der Waals surface area contributed by atoms with Gasteiger partial charge in [0.2, 0.25) is 0 Å². The van der Waals surface area contributed by atoms with Crippen LogP contribution in [0.3, 0.4) is 0 Å². The molecule has 0 aliphatic heterocycles. The molecule has 0 aliphatic rings. The van der Waals surface area contributed by atoms with Gasteiger partial charge in [0.15, 0.2) is 0 Å². The highest BCUT2D eigenvalue weighted by Crippen LogP contribution is 1.88. The van der Waals surface area contributed by atoms with Gasteiger partial charge in [-0.25, -0.2) is 0 Å². The zero-order chi connectivity index (χ0) is 6.41. The highest BCUT2D eigenvalue weighted by molar-refractivity contribution is 4.82. The van der Waals surface area contributed by atoms with Crippen LogP contribution < -0.4 is 5.73 Å². The molecule has 0 heterocycles. The summed E-state index contributed by atoms with van der Waals surface area (Å²) in [6.07, 6.45) is 6.40. The Bertz CT molecular complexity index is 64.8. The molecular weight excluding hydrogens is 98.1 g/mol. The molecule has 0 saturated heterocycles. The first kappa shape index (κ1) is 7.70. The summed E-state index contributed by atoms with van der Waals surface area (Å²) in [4.78, 5) is 0. The summed E-state index contributed by atoms with van der Waals surface area (Å²) in [6, 6.07) is 0.317. The fourth-order valence-corrected chi connectivity index (χ4v) is 0.478. The summed E-state index contributed by atoms with van der Waals surface area (Å²) in [7, 11) is 0. The zero-order valence-corrected chi connectivity index (χ0v) is 5.72. The molecule has 0 fully saturated rings. The standard InChI is InChI=1S/C7H15N/c1-3-4-5-6-7(2)8/h4-5,7H,3,6,8H2,1-2H3. The molecule has 0 rings (SSSR count). The van der Waals surface area contributed by atoms with E-state index in [-0.39, 0.29) is 0 Å². The van der Waals surface area contributed by atoms with Gasteiger partial charge in [0.25, 0.3) is 0 Å². The van der Waals surface area contributed by atoms with E-state index in [1.807, 2.05) is 6.92 Å². The second-order valence-electron chi connectivity index (χ2n) is 2.09. The van der Waals surface area contributed by atoms with Gasteiger partial charge < -0.3 is 5.73 Å². The second kappa shape index (κ2) is 4.85. The molecule has 0 spiro atoms. The summed E-state index contributed by atoms with van der Waals surface area (Å²) >= 11 is 0. The van der Waals surface area contributed by atoms with E-state index < -0.39 is 0 Å². The third-order valence-electron chi connectivity index (χ3n) is 0.910. The number of allylic oxidation sites excluding steroid dienone is 1. The Morgan fingerprint density at radius 3 is 2.50 bits per heavy atom. The maximum Gasteiger partial charge on any atom is 0.00449 e. The Morgan fingerprint density at radius 2 is 2.12 bits per heavy atom. The summed E-state index contributed by atoms with van der Waals surface area (Å²) in [5.74, 6) is 0. The molecular formula is C7H15N. The average Bonchev–Trinajstić information content (AvgIpc) is 1.66. The number of rotatable bonds is 3. The van der Waals surface area contributed by atoms with Gasteiger partial charge in [-0.2, -0.15) is 0 Å². The molecule has 2 N–H and O–H groups in total. The van der Waals surface area contributed by atoms with E-state index in [4.69, 9.17) is 5.73 Å². The van der Waals surface area contributed by atoms with Crippen LogP contribution in [0.5, 0.6) is 0 Å². The molecule has 8 heavy (non-hydrogen) atoms. The lowest BCUT2D eigenvalue weighted by Gasteiger charge is -1.95. The first-order valence-electron chi connectivity index (χ1n) is 3.18. The highest BCUT2D eigenvalue weighted by Gasteiger charge is 1.84. The minimum absolute atomic E-state index is 0.317. The molecule has 0 bridgehead atoms. The van der Waals surface area contributed by atoms with Gasteiger partial charge in [-0.1, -0.05) is 19.1 Å². The molecule has 0 aromatic heterocycles. The van der Waals surface area contributed by atoms with Crippen molar-refractivity contribution in [2.24, 2.45) is 5.73 Å². The maximum absolute atomic E-state index is 5.48. The van der Waals surface area contributed by atoms with Gasteiger partial charge >= 0.3 is 0 Å². The van der Waals surface area contributed by atoms with Gasteiger partial charge in [-0.05, 0) is 19.8 Å².